The van der Waals surface area contributed by atoms with Gasteiger partial charge >= 0.3 is 5.97 Å². The standard InChI is InChI=1S/C13H22N2O3/c1-4-10(13(17)18-3)7-8-15(2)9-12(16)14-11-5-6-11/h7,11H,4-6,8-9H2,1-3H3,(H,14,16). The first-order valence-electron chi connectivity index (χ1n) is 6.32. The molecule has 0 bridgehead atoms. The molecule has 1 rings (SSSR count). The van der Waals surface area contributed by atoms with Crippen molar-refractivity contribution in [3.63, 3.8) is 0 Å². The number of amides is 1. The third kappa shape index (κ3) is 5.31. The van der Waals surface area contributed by atoms with Crippen molar-refractivity contribution in [3.8, 4) is 0 Å². The van der Waals surface area contributed by atoms with Crippen LogP contribution in [0.3, 0.4) is 0 Å². The molecule has 0 aromatic heterocycles. The molecule has 0 radical (unpaired) electrons. The number of hydrogen-bond donors (Lipinski definition) is 1. The van der Waals surface area contributed by atoms with E-state index in [0.29, 0.717) is 31.1 Å². The number of nitrogens with one attached hydrogen (secondary N) is 1. The van der Waals surface area contributed by atoms with Crippen molar-refractivity contribution in [2.24, 2.45) is 0 Å². The van der Waals surface area contributed by atoms with Gasteiger partial charge < -0.3 is 10.1 Å². The Bertz CT molecular complexity index is 335. The van der Waals surface area contributed by atoms with Crippen LogP contribution in [0.25, 0.3) is 0 Å². The second-order valence-electron chi connectivity index (χ2n) is 4.61. The van der Waals surface area contributed by atoms with E-state index in [0.717, 1.165) is 12.8 Å². The molecule has 0 aliphatic heterocycles. The average molecular weight is 254 g/mol. The van der Waals surface area contributed by atoms with E-state index < -0.39 is 0 Å². The van der Waals surface area contributed by atoms with Crippen LogP contribution >= 0.6 is 0 Å². The van der Waals surface area contributed by atoms with Crippen LogP contribution in [0.5, 0.6) is 0 Å². The molecule has 1 saturated carbocycles. The van der Waals surface area contributed by atoms with E-state index in [1.165, 1.54) is 7.11 Å². The van der Waals surface area contributed by atoms with Crippen LogP contribution in [-0.2, 0) is 14.3 Å². The highest BCUT2D eigenvalue weighted by Crippen LogP contribution is 2.18. The SMILES string of the molecule is CCC(=CCN(C)CC(=O)NC1CC1)C(=O)OC. The van der Waals surface area contributed by atoms with Gasteiger partial charge in [-0.3, -0.25) is 9.69 Å². The Balaban J connectivity index is 2.33. The van der Waals surface area contributed by atoms with Gasteiger partial charge in [-0.2, -0.15) is 0 Å². The quantitative estimate of drug-likeness (QED) is 0.537. The molecule has 1 N–H and O–H groups in total. The second kappa shape index (κ2) is 7.16. The van der Waals surface area contributed by atoms with Crippen molar-refractivity contribution in [1.29, 1.82) is 0 Å². The Morgan fingerprint density at radius 2 is 2.11 bits per heavy atom. The molecule has 0 atom stereocenters. The van der Waals surface area contributed by atoms with Gasteiger partial charge in [-0.25, -0.2) is 4.79 Å². The lowest BCUT2D eigenvalue weighted by Gasteiger charge is -2.14. The fourth-order valence-corrected chi connectivity index (χ4v) is 1.58. The summed E-state index contributed by atoms with van der Waals surface area (Å²) in [5.74, 6) is -0.252. The molecule has 0 spiro atoms. The van der Waals surface area contributed by atoms with E-state index in [-0.39, 0.29) is 11.9 Å². The number of esters is 1. The fourth-order valence-electron chi connectivity index (χ4n) is 1.58. The number of likely N-dealkylation sites (N-methyl/N-ethyl adjacent to an activating group) is 1. The number of carbonyl (C=O) groups is 2. The molecule has 5 heteroatoms. The highest BCUT2D eigenvalue weighted by Gasteiger charge is 2.23. The zero-order valence-corrected chi connectivity index (χ0v) is 11.4. The molecule has 0 saturated heterocycles. The molecule has 1 amide bonds. The van der Waals surface area contributed by atoms with E-state index in [2.05, 4.69) is 10.1 Å². The van der Waals surface area contributed by atoms with Gasteiger partial charge in [-0.1, -0.05) is 13.0 Å². The minimum Gasteiger partial charge on any atom is -0.466 e. The van der Waals surface area contributed by atoms with Gasteiger partial charge in [0, 0.05) is 18.2 Å². The lowest BCUT2D eigenvalue weighted by molar-refractivity contribution is -0.136. The monoisotopic (exact) mass is 254 g/mol. The van der Waals surface area contributed by atoms with E-state index in [1.54, 1.807) is 0 Å². The predicted molar refractivity (Wildman–Crippen MR) is 69.1 cm³/mol. The largest absolute Gasteiger partial charge is 0.466 e. The normalized spacial score (nSPS) is 15.7. The van der Waals surface area contributed by atoms with Gasteiger partial charge in [0.1, 0.15) is 0 Å². The first-order chi connectivity index (χ1) is 8.56. The summed E-state index contributed by atoms with van der Waals surface area (Å²) in [6.07, 6.45) is 4.64. The van der Waals surface area contributed by atoms with E-state index in [1.807, 2.05) is 24.9 Å². The van der Waals surface area contributed by atoms with E-state index >= 15 is 0 Å². The fraction of sp³-hybridized carbons (Fsp3) is 0.692. The Morgan fingerprint density at radius 3 is 2.61 bits per heavy atom. The predicted octanol–water partition coefficient (Wildman–Crippen LogP) is 0.706. The molecule has 1 aliphatic carbocycles. The molecule has 0 aromatic carbocycles. The molecule has 0 heterocycles. The summed E-state index contributed by atoms with van der Waals surface area (Å²) >= 11 is 0. The van der Waals surface area contributed by atoms with Crippen molar-refractivity contribution in [3.05, 3.63) is 11.6 Å². The maximum Gasteiger partial charge on any atom is 0.333 e. The van der Waals surface area contributed by atoms with Crippen LogP contribution < -0.4 is 5.32 Å². The zero-order chi connectivity index (χ0) is 13.5. The van der Waals surface area contributed by atoms with Gasteiger partial charge in [0.15, 0.2) is 0 Å². The first-order valence-corrected chi connectivity index (χ1v) is 6.32. The molecule has 1 fully saturated rings. The summed E-state index contributed by atoms with van der Waals surface area (Å²) in [5, 5.41) is 2.93. The molecule has 5 nitrogen and oxygen atoms in total. The van der Waals surface area contributed by atoms with Crippen LogP contribution in [0.4, 0.5) is 0 Å². The zero-order valence-electron chi connectivity index (χ0n) is 11.4. The van der Waals surface area contributed by atoms with E-state index in [9.17, 15) is 9.59 Å². The molecule has 102 valence electrons. The van der Waals surface area contributed by atoms with Crippen LogP contribution in [0, 0.1) is 0 Å². The maximum absolute atomic E-state index is 11.5. The maximum atomic E-state index is 11.5. The molecule has 1 aliphatic rings. The van der Waals surface area contributed by atoms with Gasteiger partial charge in [-0.15, -0.1) is 0 Å². The summed E-state index contributed by atoms with van der Waals surface area (Å²) in [6, 6.07) is 0.391. The Labute approximate surface area is 108 Å². The number of ether oxygens (including phenoxy) is 1. The lowest BCUT2D eigenvalue weighted by Crippen LogP contribution is -2.36. The van der Waals surface area contributed by atoms with Crippen LogP contribution in [0.2, 0.25) is 0 Å². The van der Waals surface area contributed by atoms with E-state index in [4.69, 9.17) is 0 Å². The summed E-state index contributed by atoms with van der Waals surface area (Å²) in [4.78, 5) is 24.8. The van der Waals surface area contributed by atoms with Crippen molar-refractivity contribution in [1.82, 2.24) is 10.2 Å². The molecule has 18 heavy (non-hydrogen) atoms. The van der Waals surface area contributed by atoms with Crippen LogP contribution in [-0.4, -0.2) is 50.1 Å². The smallest absolute Gasteiger partial charge is 0.333 e. The highest BCUT2D eigenvalue weighted by atomic mass is 16.5. The third-order valence-corrected chi connectivity index (χ3v) is 2.83. The number of nitrogens with zero attached hydrogens (tertiary/aromatic N) is 1. The molecule has 0 aromatic rings. The van der Waals surface area contributed by atoms with Crippen LogP contribution in [0.1, 0.15) is 26.2 Å². The van der Waals surface area contributed by atoms with Gasteiger partial charge in [0.2, 0.25) is 5.91 Å². The Hall–Kier alpha value is -1.36. The number of carbonyl (C=O) groups excluding carboxylic acids is 2. The third-order valence-electron chi connectivity index (χ3n) is 2.83. The topological polar surface area (TPSA) is 58.6 Å². The Kier molecular flexibility index (Phi) is 5.85. The second-order valence-corrected chi connectivity index (χ2v) is 4.61. The summed E-state index contributed by atoms with van der Waals surface area (Å²) in [5.41, 5.74) is 0.645. The van der Waals surface area contributed by atoms with Crippen molar-refractivity contribution in [2.75, 3.05) is 27.2 Å². The minimum atomic E-state index is -0.298. The number of rotatable bonds is 7. The number of hydrogen-bond acceptors (Lipinski definition) is 4. The van der Waals surface area contributed by atoms with Crippen LogP contribution in [0.15, 0.2) is 11.6 Å². The van der Waals surface area contributed by atoms with Crippen molar-refractivity contribution in [2.45, 2.75) is 32.2 Å². The number of methoxy groups -OCH3 is 1. The van der Waals surface area contributed by atoms with Gasteiger partial charge in [0.25, 0.3) is 0 Å². The summed E-state index contributed by atoms with van der Waals surface area (Å²) < 4.78 is 4.67. The first kappa shape index (κ1) is 14.7. The molecular formula is C13H22N2O3. The lowest BCUT2D eigenvalue weighted by atomic mass is 10.2. The Morgan fingerprint density at radius 1 is 1.44 bits per heavy atom. The van der Waals surface area contributed by atoms with Gasteiger partial charge in [0.05, 0.1) is 13.7 Å². The average Bonchev–Trinajstić information content (AvgIpc) is 3.12. The summed E-state index contributed by atoms with van der Waals surface area (Å²) in [7, 11) is 3.23. The van der Waals surface area contributed by atoms with Gasteiger partial charge in [-0.05, 0) is 26.3 Å². The van der Waals surface area contributed by atoms with Crippen molar-refractivity contribution >= 4 is 11.9 Å². The summed E-state index contributed by atoms with van der Waals surface area (Å²) in [6.45, 7) is 2.82. The molecule has 0 unspecified atom stereocenters. The van der Waals surface area contributed by atoms with Crippen molar-refractivity contribution < 1.29 is 14.3 Å². The highest BCUT2D eigenvalue weighted by molar-refractivity contribution is 5.88. The minimum absolute atomic E-state index is 0.0458. The molecular weight excluding hydrogens is 232 g/mol.